The number of nitrogens with zero attached hydrogens (tertiary/aromatic N) is 2. The molecular formula is C13H17N3O2S. The molecule has 0 saturated carbocycles. The van der Waals surface area contributed by atoms with E-state index in [9.17, 15) is 4.79 Å². The molecule has 19 heavy (non-hydrogen) atoms. The Morgan fingerprint density at radius 2 is 2.37 bits per heavy atom. The monoisotopic (exact) mass is 279 g/mol. The van der Waals surface area contributed by atoms with Crippen LogP contribution in [0.4, 0.5) is 0 Å². The summed E-state index contributed by atoms with van der Waals surface area (Å²) in [7, 11) is 0. The molecule has 0 aliphatic rings. The van der Waals surface area contributed by atoms with Crippen LogP contribution in [0.5, 0.6) is 0 Å². The highest BCUT2D eigenvalue weighted by Gasteiger charge is 2.18. The van der Waals surface area contributed by atoms with Gasteiger partial charge in [0, 0.05) is 13.1 Å². The van der Waals surface area contributed by atoms with Gasteiger partial charge in [0.05, 0.1) is 17.2 Å². The number of H-pyrrole nitrogens is 1. The van der Waals surface area contributed by atoms with Gasteiger partial charge in [0.2, 0.25) is 0 Å². The van der Waals surface area contributed by atoms with Crippen molar-refractivity contribution >= 4 is 17.2 Å². The van der Waals surface area contributed by atoms with E-state index < -0.39 is 0 Å². The first-order chi connectivity index (χ1) is 9.26. The SMILES string of the molecule is CCCN(CCO)C(=O)c1cc(-c2cccs2)[nH]n1. The molecule has 102 valence electrons. The molecule has 2 N–H and O–H groups in total. The molecule has 0 atom stereocenters. The van der Waals surface area contributed by atoms with Crippen molar-refractivity contribution in [2.75, 3.05) is 19.7 Å². The topological polar surface area (TPSA) is 69.2 Å². The van der Waals surface area contributed by atoms with Crippen molar-refractivity contribution in [3.8, 4) is 10.6 Å². The highest BCUT2D eigenvalue weighted by atomic mass is 32.1. The normalized spacial score (nSPS) is 10.6. The summed E-state index contributed by atoms with van der Waals surface area (Å²) in [5.74, 6) is -0.144. The average molecular weight is 279 g/mol. The van der Waals surface area contributed by atoms with Gasteiger partial charge >= 0.3 is 0 Å². The Kier molecular flexibility index (Phi) is 4.70. The van der Waals surface area contributed by atoms with E-state index in [1.54, 1.807) is 22.3 Å². The summed E-state index contributed by atoms with van der Waals surface area (Å²) in [4.78, 5) is 14.9. The van der Waals surface area contributed by atoms with Gasteiger partial charge in [-0.25, -0.2) is 0 Å². The van der Waals surface area contributed by atoms with E-state index in [0.717, 1.165) is 17.0 Å². The van der Waals surface area contributed by atoms with Crippen LogP contribution >= 0.6 is 11.3 Å². The van der Waals surface area contributed by atoms with Gasteiger partial charge in [-0.05, 0) is 23.9 Å². The summed E-state index contributed by atoms with van der Waals surface area (Å²) in [6, 6.07) is 5.69. The van der Waals surface area contributed by atoms with E-state index >= 15 is 0 Å². The molecular weight excluding hydrogens is 262 g/mol. The molecule has 2 aromatic heterocycles. The van der Waals surface area contributed by atoms with Crippen molar-refractivity contribution in [1.29, 1.82) is 0 Å². The van der Waals surface area contributed by atoms with Crippen molar-refractivity contribution < 1.29 is 9.90 Å². The Bertz CT molecular complexity index is 516. The third-order valence-corrected chi connectivity index (χ3v) is 3.64. The van der Waals surface area contributed by atoms with Crippen LogP contribution < -0.4 is 0 Å². The molecule has 2 aromatic rings. The molecule has 2 rings (SSSR count). The van der Waals surface area contributed by atoms with Crippen LogP contribution in [0.15, 0.2) is 23.6 Å². The number of amides is 1. The zero-order valence-electron chi connectivity index (χ0n) is 10.8. The van der Waals surface area contributed by atoms with Gasteiger partial charge in [0.25, 0.3) is 5.91 Å². The first-order valence-electron chi connectivity index (χ1n) is 6.25. The number of hydrogen-bond donors (Lipinski definition) is 2. The Balaban J connectivity index is 2.14. The molecule has 0 aliphatic heterocycles. The maximum absolute atomic E-state index is 12.2. The highest BCUT2D eigenvalue weighted by Crippen LogP contribution is 2.23. The molecule has 5 nitrogen and oxygen atoms in total. The second kappa shape index (κ2) is 6.49. The molecule has 0 fully saturated rings. The number of aliphatic hydroxyl groups is 1. The largest absolute Gasteiger partial charge is 0.395 e. The Hall–Kier alpha value is -1.66. The Labute approximate surface area is 115 Å². The molecule has 0 saturated heterocycles. The molecule has 0 bridgehead atoms. The number of aliphatic hydroxyl groups excluding tert-OH is 1. The van der Waals surface area contributed by atoms with Crippen LogP contribution in [0.25, 0.3) is 10.6 Å². The van der Waals surface area contributed by atoms with Crippen LogP contribution in [-0.4, -0.2) is 45.8 Å². The van der Waals surface area contributed by atoms with E-state index in [4.69, 9.17) is 5.11 Å². The number of carbonyl (C=O) groups is 1. The lowest BCUT2D eigenvalue weighted by Gasteiger charge is -2.19. The van der Waals surface area contributed by atoms with Crippen LogP contribution in [0.3, 0.4) is 0 Å². The lowest BCUT2D eigenvalue weighted by Crippen LogP contribution is -2.34. The summed E-state index contributed by atoms with van der Waals surface area (Å²) in [6.45, 7) is 2.93. The van der Waals surface area contributed by atoms with Crippen molar-refractivity contribution in [3.63, 3.8) is 0 Å². The standard InChI is InChI=1S/C13H17N3O2S/c1-2-5-16(6-7-17)13(18)11-9-10(14-15-11)12-4-3-8-19-12/h3-4,8-9,17H,2,5-7H2,1H3,(H,14,15). The van der Waals surface area contributed by atoms with Gasteiger partial charge in [-0.15, -0.1) is 11.3 Å². The van der Waals surface area contributed by atoms with Crippen LogP contribution in [0.1, 0.15) is 23.8 Å². The number of aromatic nitrogens is 2. The fourth-order valence-electron chi connectivity index (χ4n) is 1.86. The number of nitrogens with one attached hydrogen (secondary N) is 1. The summed E-state index contributed by atoms with van der Waals surface area (Å²) in [5, 5.41) is 17.9. The van der Waals surface area contributed by atoms with Crippen molar-refractivity contribution in [3.05, 3.63) is 29.3 Å². The fraction of sp³-hybridized carbons (Fsp3) is 0.385. The summed E-state index contributed by atoms with van der Waals surface area (Å²) < 4.78 is 0. The van der Waals surface area contributed by atoms with Crippen molar-refractivity contribution in [1.82, 2.24) is 15.1 Å². The fourth-order valence-corrected chi connectivity index (χ4v) is 2.55. The van der Waals surface area contributed by atoms with E-state index in [1.807, 2.05) is 24.4 Å². The minimum atomic E-state index is -0.144. The number of rotatable bonds is 6. The smallest absolute Gasteiger partial charge is 0.274 e. The minimum absolute atomic E-state index is 0.0338. The van der Waals surface area contributed by atoms with Crippen LogP contribution in [-0.2, 0) is 0 Å². The average Bonchev–Trinajstić information content (AvgIpc) is 3.08. The highest BCUT2D eigenvalue weighted by molar-refractivity contribution is 7.13. The van der Waals surface area contributed by atoms with Crippen molar-refractivity contribution in [2.45, 2.75) is 13.3 Å². The third kappa shape index (κ3) is 3.21. The van der Waals surface area contributed by atoms with Crippen LogP contribution in [0, 0.1) is 0 Å². The predicted molar refractivity (Wildman–Crippen MR) is 75.2 cm³/mol. The number of thiophene rings is 1. The lowest BCUT2D eigenvalue weighted by atomic mass is 10.3. The lowest BCUT2D eigenvalue weighted by molar-refractivity contribution is 0.0716. The Morgan fingerprint density at radius 3 is 3.00 bits per heavy atom. The van der Waals surface area contributed by atoms with Crippen molar-refractivity contribution in [2.24, 2.45) is 0 Å². The van der Waals surface area contributed by atoms with Gasteiger partial charge in [-0.2, -0.15) is 5.10 Å². The molecule has 2 heterocycles. The maximum Gasteiger partial charge on any atom is 0.274 e. The molecule has 0 radical (unpaired) electrons. The maximum atomic E-state index is 12.2. The van der Waals surface area contributed by atoms with Gasteiger partial charge in [-0.3, -0.25) is 9.89 Å². The molecule has 1 amide bonds. The molecule has 0 aromatic carbocycles. The second-order valence-corrected chi connectivity index (χ2v) is 5.11. The van der Waals surface area contributed by atoms with E-state index in [-0.39, 0.29) is 12.5 Å². The number of aromatic amines is 1. The van der Waals surface area contributed by atoms with E-state index in [0.29, 0.717) is 18.8 Å². The van der Waals surface area contributed by atoms with Gasteiger partial charge < -0.3 is 10.0 Å². The number of hydrogen-bond acceptors (Lipinski definition) is 4. The zero-order valence-corrected chi connectivity index (χ0v) is 11.6. The van der Waals surface area contributed by atoms with Gasteiger partial charge in [-0.1, -0.05) is 13.0 Å². The second-order valence-electron chi connectivity index (χ2n) is 4.16. The van der Waals surface area contributed by atoms with E-state index in [1.165, 1.54) is 0 Å². The molecule has 0 aliphatic carbocycles. The molecule has 0 spiro atoms. The molecule has 6 heteroatoms. The van der Waals surface area contributed by atoms with Crippen LogP contribution in [0.2, 0.25) is 0 Å². The van der Waals surface area contributed by atoms with Gasteiger partial charge in [0.15, 0.2) is 5.69 Å². The predicted octanol–water partition coefficient (Wildman–Crippen LogP) is 1.98. The quantitative estimate of drug-likeness (QED) is 0.849. The summed E-state index contributed by atoms with van der Waals surface area (Å²) >= 11 is 1.59. The first-order valence-corrected chi connectivity index (χ1v) is 7.13. The minimum Gasteiger partial charge on any atom is -0.395 e. The summed E-state index contributed by atoms with van der Waals surface area (Å²) in [6.07, 6.45) is 0.855. The third-order valence-electron chi connectivity index (χ3n) is 2.73. The zero-order chi connectivity index (χ0) is 13.7. The first kappa shape index (κ1) is 13.8. The van der Waals surface area contributed by atoms with E-state index in [2.05, 4.69) is 10.2 Å². The summed E-state index contributed by atoms with van der Waals surface area (Å²) in [5.41, 5.74) is 1.24. The molecule has 0 unspecified atom stereocenters. The Morgan fingerprint density at radius 1 is 1.53 bits per heavy atom. The number of carbonyl (C=O) groups excluding carboxylic acids is 1. The van der Waals surface area contributed by atoms with Gasteiger partial charge in [0.1, 0.15) is 0 Å².